The molecule has 144 valence electrons. The molecule has 0 unspecified atom stereocenters. The van der Waals surface area contributed by atoms with Gasteiger partial charge in [0.05, 0.1) is 18.6 Å². The SMILES string of the molecule is COc1cc(/C=C2\NC(=O)N(Cc3ccc(Cl)cc3)C2=O)cc([N+](=O)[O-])c1[O-]. The van der Waals surface area contributed by atoms with Gasteiger partial charge in [-0.05, 0) is 35.4 Å². The van der Waals surface area contributed by atoms with E-state index in [0.29, 0.717) is 10.6 Å². The molecule has 0 saturated carbocycles. The highest BCUT2D eigenvalue weighted by Crippen LogP contribution is 2.35. The van der Waals surface area contributed by atoms with Crippen molar-refractivity contribution in [3.8, 4) is 11.5 Å². The van der Waals surface area contributed by atoms with Gasteiger partial charge in [-0.1, -0.05) is 23.7 Å². The molecule has 28 heavy (non-hydrogen) atoms. The Morgan fingerprint density at radius 1 is 1.25 bits per heavy atom. The second kappa shape index (κ2) is 7.57. The number of ether oxygens (including phenoxy) is 1. The first-order valence-corrected chi connectivity index (χ1v) is 8.30. The maximum absolute atomic E-state index is 12.6. The van der Waals surface area contributed by atoms with Gasteiger partial charge in [0.2, 0.25) is 0 Å². The number of nitro benzene ring substituents is 1. The van der Waals surface area contributed by atoms with E-state index in [0.717, 1.165) is 11.0 Å². The van der Waals surface area contributed by atoms with E-state index in [4.69, 9.17) is 16.3 Å². The number of benzene rings is 2. The van der Waals surface area contributed by atoms with E-state index in [1.54, 1.807) is 24.3 Å². The molecule has 0 atom stereocenters. The minimum atomic E-state index is -0.874. The summed E-state index contributed by atoms with van der Waals surface area (Å²) in [5.74, 6) is -1.72. The minimum absolute atomic E-state index is 0.0299. The Hall–Kier alpha value is -3.59. The summed E-state index contributed by atoms with van der Waals surface area (Å²) in [5.41, 5.74) is 0.0947. The fourth-order valence-electron chi connectivity index (χ4n) is 2.63. The van der Waals surface area contributed by atoms with Gasteiger partial charge in [-0.2, -0.15) is 0 Å². The van der Waals surface area contributed by atoms with E-state index < -0.39 is 28.3 Å². The normalized spacial score (nSPS) is 15.1. The summed E-state index contributed by atoms with van der Waals surface area (Å²) in [7, 11) is 1.20. The number of methoxy groups -OCH3 is 1. The number of hydrogen-bond acceptors (Lipinski definition) is 6. The van der Waals surface area contributed by atoms with Crippen molar-refractivity contribution < 1.29 is 24.4 Å². The molecule has 0 bridgehead atoms. The Bertz CT molecular complexity index is 1000. The van der Waals surface area contributed by atoms with E-state index in [9.17, 15) is 24.8 Å². The van der Waals surface area contributed by atoms with Crippen molar-refractivity contribution in [2.75, 3.05) is 7.11 Å². The number of nitro groups is 1. The Balaban J connectivity index is 1.90. The lowest BCUT2D eigenvalue weighted by Gasteiger charge is -2.13. The van der Waals surface area contributed by atoms with Crippen LogP contribution in [0.5, 0.6) is 11.5 Å². The van der Waals surface area contributed by atoms with Gasteiger partial charge in [0.1, 0.15) is 11.4 Å². The van der Waals surface area contributed by atoms with E-state index >= 15 is 0 Å². The van der Waals surface area contributed by atoms with Crippen molar-refractivity contribution in [1.82, 2.24) is 10.2 Å². The molecule has 0 radical (unpaired) electrons. The molecule has 2 aromatic rings. The number of amides is 3. The van der Waals surface area contributed by atoms with Crippen LogP contribution in [-0.2, 0) is 11.3 Å². The molecular formula is C18H13ClN3O6-. The van der Waals surface area contributed by atoms with Crippen LogP contribution in [0.3, 0.4) is 0 Å². The summed E-state index contributed by atoms with van der Waals surface area (Å²) in [6, 6.07) is 8.29. The van der Waals surface area contributed by atoms with Crippen molar-refractivity contribution in [2.24, 2.45) is 0 Å². The second-order valence-corrected chi connectivity index (χ2v) is 6.27. The van der Waals surface area contributed by atoms with Crippen LogP contribution < -0.4 is 15.2 Å². The van der Waals surface area contributed by atoms with Crippen LogP contribution in [-0.4, -0.2) is 28.9 Å². The number of halogens is 1. The van der Waals surface area contributed by atoms with E-state index in [-0.39, 0.29) is 23.6 Å². The summed E-state index contributed by atoms with van der Waals surface area (Å²) in [5, 5.41) is 25.9. The number of carbonyl (C=O) groups excluding carboxylic acids is 2. The fourth-order valence-corrected chi connectivity index (χ4v) is 2.76. The van der Waals surface area contributed by atoms with E-state index in [2.05, 4.69) is 5.32 Å². The standard InChI is InChI=1S/C18H14ClN3O6/c1-28-15-8-11(7-14(16(15)23)22(26)27)6-13-17(24)21(18(25)20-13)9-10-2-4-12(19)5-3-10/h2-8,23H,9H2,1H3,(H,20,25)/p-1/b13-6-. The van der Waals surface area contributed by atoms with Crippen LogP contribution >= 0.6 is 11.6 Å². The number of nitrogens with one attached hydrogen (secondary N) is 1. The predicted molar refractivity (Wildman–Crippen MR) is 97.6 cm³/mol. The molecule has 3 amide bonds. The topological polar surface area (TPSA) is 125 Å². The van der Waals surface area contributed by atoms with Crippen LogP contribution in [0.15, 0.2) is 42.1 Å². The smallest absolute Gasteiger partial charge is 0.329 e. The van der Waals surface area contributed by atoms with Crippen LogP contribution in [0.4, 0.5) is 10.5 Å². The van der Waals surface area contributed by atoms with Crippen molar-refractivity contribution in [1.29, 1.82) is 0 Å². The summed E-state index contributed by atoms with van der Waals surface area (Å²) in [6.45, 7) is 0.0299. The second-order valence-electron chi connectivity index (χ2n) is 5.83. The lowest BCUT2D eigenvalue weighted by molar-refractivity contribution is -0.398. The quantitative estimate of drug-likeness (QED) is 0.354. The number of carbonyl (C=O) groups is 2. The summed E-state index contributed by atoms with van der Waals surface area (Å²) in [4.78, 5) is 35.9. The highest BCUT2D eigenvalue weighted by molar-refractivity contribution is 6.30. The first-order valence-electron chi connectivity index (χ1n) is 7.92. The molecule has 0 aliphatic carbocycles. The van der Waals surface area contributed by atoms with Crippen molar-refractivity contribution in [3.05, 3.63) is 68.4 Å². The number of urea groups is 1. The van der Waals surface area contributed by atoms with Gasteiger partial charge >= 0.3 is 6.03 Å². The Kier molecular flexibility index (Phi) is 5.18. The summed E-state index contributed by atoms with van der Waals surface area (Å²) >= 11 is 5.82. The van der Waals surface area contributed by atoms with Crippen LogP contribution in [0.2, 0.25) is 5.02 Å². The Labute approximate surface area is 163 Å². The van der Waals surface area contributed by atoms with Crippen LogP contribution in [0, 0.1) is 10.1 Å². The van der Waals surface area contributed by atoms with Gasteiger partial charge in [0.15, 0.2) is 0 Å². The first kappa shape index (κ1) is 19.2. The third kappa shape index (κ3) is 3.74. The molecule has 3 rings (SSSR count). The molecule has 0 aromatic heterocycles. The first-order chi connectivity index (χ1) is 13.3. The number of rotatable bonds is 5. The fraction of sp³-hybridized carbons (Fsp3) is 0.111. The monoisotopic (exact) mass is 402 g/mol. The molecule has 1 aliphatic heterocycles. The molecule has 2 aromatic carbocycles. The van der Waals surface area contributed by atoms with Crippen LogP contribution in [0.1, 0.15) is 11.1 Å². The highest BCUT2D eigenvalue weighted by atomic mass is 35.5. The van der Waals surface area contributed by atoms with Gasteiger partial charge in [0, 0.05) is 16.8 Å². The average molecular weight is 403 g/mol. The molecule has 1 saturated heterocycles. The Morgan fingerprint density at radius 2 is 1.93 bits per heavy atom. The minimum Gasteiger partial charge on any atom is -0.865 e. The number of imide groups is 1. The van der Waals surface area contributed by atoms with E-state index in [1.807, 2.05) is 0 Å². The largest absolute Gasteiger partial charge is 0.865 e. The molecule has 1 N–H and O–H groups in total. The molecule has 1 fully saturated rings. The maximum Gasteiger partial charge on any atom is 0.329 e. The zero-order chi connectivity index (χ0) is 20.4. The summed E-state index contributed by atoms with van der Waals surface area (Å²) in [6.07, 6.45) is 1.25. The lowest BCUT2D eigenvalue weighted by atomic mass is 10.1. The average Bonchev–Trinajstić information content (AvgIpc) is 2.91. The van der Waals surface area contributed by atoms with Gasteiger partial charge in [-0.15, -0.1) is 0 Å². The van der Waals surface area contributed by atoms with Gasteiger partial charge in [-0.25, -0.2) is 4.79 Å². The lowest BCUT2D eigenvalue weighted by Crippen LogP contribution is -2.30. The zero-order valence-electron chi connectivity index (χ0n) is 14.5. The zero-order valence-corrected chi connectivity index (χ0v) is 15.2. The maximum atomic E-state index is 12.6. The molecule has 1 aliphatic rings. The predicted octanol–water partition coefficient (Wildman–Crippen LogP) is 2.42. The number of hydrogen-bond donors (Lipinski definition) is 1. The van der Waals surface area contributed by atoms with E-state index in [1.165, 1.54) is 19.3 Å². The molecule has 9 nitrogen and oxygen atoms in total. The highest BCUT2D eigenvalue weighted by Gasteiger charge is 2.33. The Morgan fingerprint density at radius 3 is 2.54 bits per heavy atom. The van der Waals surface area contributed by atoms with Crippen LogP contribution in [0.25, 0.3) is 6.08 Å². The molecule has 1 heterocycles. The molecule has 10 heteroatoms. The molecular weight excluding hydrogens is 390 g/mol. The third-order valence-corrected chi connectivity index (χ3v) is 4.25. The molecule has 0 spiro atoms. The van der Waals surface area contributed by atoms with Gasteiger partial charge in [-0.3, -0.25) is 19.8 Å². The van der Waals surface area contributed by atoms with Crippen molar-refractivity contribution >= 4 is 35.3 Å². The summed E-state index contributed by atoms with van der Waals surface area (Å²) < 4.78 is 4.86. The van der Waals surface area contributed by atoms with Crippen molar-refractivity contribution in [3.63, 3.8) is 0 Å². The van der Waals surface area contributed by atoms with Gasteiger partial charge < -0.3 is 15.2 Å². The van der Waals surface area contributed by atoms with Crippen molar-refractivity contribution in [2.45, 2.75) is 6.54 Å². The number of nitrogens with zero attached hydrogens (tertiary/aromatic N) is 2. The third-order valence-electron chi connectivity index (χ3n) is 4.00. The van der Waals surface area contributed by atoms with Gasteiger partial charge in [0.25, 0.3) is 11.6 Å².